The van der Waals surface area contributed by atoms with Crippen LogP contribution in [0.15, 0.2) is 36.4 Å². The Morgan fingerprint density at radius 3 is 1.21 bits per heavy atom. The first-order valence-electron chi connectivity index (χ1n) is 5.04. The molecule has 2 nitrogen and oxygen atoms in total. The van der Waals surface area contributed by atoms with Crippen molar-refractivity contribution < 1.29 is 47.3 Å². The molecule has 0 unspecified atom stereocenters. The van der Waals surface area contributed by atoms with Crippen molar-refractivity contribution in [1.29, 1.82) is 0 Å². The van der Waals surface area contributed by atoms with Crippen LogP contribution in [0.5, 0.6) is 11.5 Å². The molecule has 0 N–H and O–H groups in total. The van der Waals surface area contributed by atoms with Gasteiger partial charge >= 0.3 is 118 Å². The van der Waals surface area contributed by atoms with E-state index in [0.29, 0.717) is 12.1 Å². The first-order chi connectivity index (χ1) is 9.02. The molecule has 0 fully saturated rings. The summed E-state index contributed by atoms with van der Waals surface area (Å²) in [6.45, 7) is 0. The van der Waals surface area contributed by atoms with E-state index in [-0.39, 0.29) is 11.5 Å². The van der Waals surface area contributed by atoms with Gasteiger partial charge in [-0.1, -0.05) is 0 Å². The van der Waals surface area contributed by atoms with Crippen LogP contribution in [0.3, 0.4) is 0 Å². The van der Waals surface area contributed by atoms with Crippen LogP contribution in [0.4, 0.5) is 17.6 Å². The van der Waals surface area contributed by atoms with Gasteiger partial charge in [-0.05, 0) is 0 Å². The summed E-state index contributed by atoms with van der Waals surface area (Å²) in [7, 11) is 0. The molecule has 0 heterocycles. The normalized spacial score (nSPS) is 10.1. The van der Waals surface area contributed by atoms with Crippen LogP contribution in [0.1, 0.15) is 0 Å². The third kappa shape index (κ3) is 4.35. The number of rotatable bonds is 4. The fourth-order valence-corrected chi connectivity index (χ4v) is 2.45. The molecule has 0 aliphatic rings. The second kappa shape index (κ2) is 6.19. The van der Waals surface area contributed by atoms with Gasteiger partial charge in [0, 0.05) is 0 Å². The van der Waals surface area contributed by atoms with Crippen LogP contribution in [0.25, 0.3) is 0 Å². The molecule has 0 atom stereocenters. The van der Waals surface area contributed by atoms with Crippen molar-refractivity contribution in [1.82, 2.24) is 0 Å². The summed E-state index contributed by atoms with van der Waals surface area (Å²) in [6, 6.07) is 5.42. The van der Waals surface area contributed by atoms with Gasteiger partial charge in [0.15, 0.2) is 0 Å². The predicted octanol–water partition coefficient (Wildman–Crippen LogP) is 3.61. The third-order valence-corrected chi connectivity index (χ3v) is 3.56. The van der Waals surface area contributed by atoms with E-state index in [1.807, 2.05) is 0 Å². The molecule has 0 bridgehead atoms. The molecular formula is C12H6F4O2Zr. The number of hydrogen-bond donors (Lipinski definition) is 0. The van der Waals surface area contributed by atoms with Gasteiger partial charge in [-0.3, -0.25) is 0 Å². The molecule has 2 aromatic carbocycles. The van der Waals surface area contributed by atoms with Crippen molar-refractivity contribution in [3.63, 3.8) is 0 Å². The summed E-state index contributed by atoms with van der Waals surface area (Å²) in [5.74, 6) is -3.11. The van der Waals surface area contributed by atoms with Gasteiger partial charge in [0.05, 0.1) is 0 Å². The molecule has 98 valence electrons. The Balaban J connectivity index is 1.96. The van der Waals surface area contributed by atoms with Gasteiger partial charge in [-0.25, -0.2) is 0 Å². The third-order valence-electron chi connectivity index (χ3n) is 1.99. The monoisotopic (exact) mass is 348 g/mol. The maximum absolute atomic E-state index is 12.8. The predicted molar refractivity (Wildman–Crippen MR) is 54.0 cm³/mol. The van der Waals surface area contributed by atoms with Crippen molar-refractivity contribution in [3.8, 4) is 11.5 Å². The Morgan fingerprint density at radius 2 is 0.895 bits per heavy atom. The fraction of sp³-hybridized carbons (Fsp3) is 0. The van der Waals surface area contributed by atoms with Crippen molar-refractivity contribution >= 4 is 0 Å². The number of halogens is 4. The van der Waals surface area contributed by atoms with E-state index in [2.05, 4.69) is 0 Å². The molecule has 2 aromatic rings. The summed E-state index contributed by atoms with van der Waals surface area (Å²) in [4.78, 5) is 0. The number of hydrogen-bond acceptors (Lipinski definition) is 2. The second-order valence-electron chi connectivity index (χ2n) is 3.50. The van der Waals surface area contributed by atoms with E-state index < -0.39 is 47.4 Å². The van der Waals surface area contributed by atoms with E-state index in [1.54, 1.807) is 0 Å². The number of benzene rings is 2. The standard InChI is InChI=1S/2C6H4F2O.Zr/c2*7-4-1-5(8)3-6(9)2-4;/h2*1-3,9H;/q;;+2/p-2. The van der Waals surface area contributed by atoms with Crippen molar-refractivity contribution in [2.45, 2.75) is 0 Å². The van der Waals surface area contributed by atoms with E-state index in [1.165, 1.54) is 0 Å². The minimum atomic E-state index is -2.00. The average Bonchev–Trinajstić information content (AvgIpc) is 2.26. The van der Waals surface area contributed by atoms with Crippen LogP contribution in [-0.2, 0) is 24.1 Å². The van der Waals surface area contributed by atoms with Crippen LogP contribution < -0.4 is 5.63 Å². The molecule has 0 amide bonds. The first kappa shape index (κ1) is 14.1. The quantitative estimate of drug-likeness (QED) is 0.785. The molecule has 0 aliphatic heterocycles. The van der Waals surface area contributed by atoms with Crippen molar-refractivity contribution in [2.75, 3.05) is 0 Å². The second-order valence-corrected chi connectivity index (χ2v) is 4.91. The molecule has 7 heteroatoms. The van der Waals surface area contributed by atoms with Gasteiger partial charge in [0.1, 0.15) is 0 Å². The molecule has 0 aromatic heterocycles. The van der Waals surface area contributed by atoms with Gasteiger partial charge in [0.2, 0.25) is 0 Å². The van der Waals surface area contributed by atoms with Gasteiger partial charge in [-0.15, -0.1) is 0 Å². The fourth-order valence-electron chi connectivity index (χ4n) is 1.29. The molecule has 0 aliphatic carbocycles. The van der Waals surface area contributed by atoms with Crippen LogP contribution in [0, 0.1) is 23.3 Å². The first-order valence-corrected chi connectivity index (χ1v) is 7.04. The Morgan fingerprint density at radius 1 is 0.579 bits per heavy atom. The van der Waals surface area contributed by atoms with Crippen LogP contribution >= 0.6 is 0 Å². The zero-order valence-electron chi connectivity index (χ0n) is 9.29. The molecule has 0 saturated heterocycles. The Hall–Kier alpha value is -1.36. The summed E-state index contributed by atoms with van der Waals surface area (Å²) >= 11 is -2.00. The van der Waals surface area contributed by atoms with Crippen molar-refractivity contribution in [2.24, 2.45) is 0 Å². The van der Waals surface area contributed by atoms with Gasteiger partial charge in [-0.2, -0.15) is 0 Å². The Kier molecular flexibility index (Phi) is 4.58. The summed E-state index contributed by atoms with van der Waals surface area (Å²) in [5.41, 5.74) is 0. The Labute approximate surface area is 118 Å². The molecule has 2 rings (SSSR count). The molecule has 0 spiro atoms. The maximum atomic E-state index is 12.8. The van der Waals surface area contributed by atoms with E-state index >= 15 is 0 Å². The topological polar surface area (TPSA) is 18.5 Å². The molecule has 0 radical (unpaired) electrons. The SMILES string of the molecule is Fc1cc(F)cc([O][Zr][O]c2cc(F)cc(F)c2)c1. The van der Waals surface area contributed by atoms with Gasteiger partial charge < -0.3 is 0 Å². The van der Waals surface area contributed by atoms with Crippen molar-refractivity contribution in [3.05, 3.63) is 59.7 Å². The zero-order chi connectivity index (χ0) is 13.8. The molecule has 0 saturated carbocycles. The van der Waals surface area contributed by atoms with E-state index in [9.17, 15) is 17.6 Å². The van der Waals surface area contributed by atoms with E-state index in [4.69, 9.17) is 5.63 Å². The zero-order valence-corrected chi connectivity index (χ0v) is 11.8. The average molecular weight is 349 g/mol. The minimum absolute atomic E-state index is 0.0130. The van der Waals surface area contributed by atoms with Gasteiger partial charge in [0.25, 0.3) is 0 Å². The molecule has 19 heavy (non-hydrogen) atoms. The summed E-state index contributed by atoms with van der Waals surface area (Å²) < 4.78 is 61.5. The van der Waals surface area contributed by atoms with Crippen LogP contribution in [-0.4, -0.2) is 0 Å². The van der Waals surface area contributed by atoms with Crippen LogP contribution in [0.2, 0.25) is 0 Å². The molecular weight excluding hydrogens is 343 g/mol. The van der Waals surface area contributed by atoms with E-state index in [0.717, 1.165) is 24.3 Å². The summed E-state index contributed by atoms with van der Waals surface area (Å²) in [5, 5.41) is 0. The Bertz CT molecular complexity index is 500. The summed E-state index contributed by atoms with van der Waals surface area (Å²) in [6.07, 6.45) is 0.